The molecule has 0 aliphatic rings. The van der Waals surface area contributed by atoms with Crippen LogP contribution in [0.2, 0.25) is 0 Å². The van der Waals surface area contributed by atoms with Crippen LogP contribution in [-0.2, 0) is 16.6 Å². The Bertz CT molecular complexity index is 1130. The average molecular weight is 426 g/mol. The SMILES string of the molecule is COc1ccc(NS(=O)(=O)c2ccc(C)c(C(=O)N(C)Cc3ccncc3)c2)cc1. The molecule has 7 nitrogen and oxygen atoms in total. The zero-order valence-corrected chi connectivity index (χ0v) is 17.8. The maximum Gasteiger partial charge on any atom is 0.261 e. The molecule has 2 aromatic carbocycles. The Morgan fingerprint density at radius 1 is 1.07 bits per heavy atom. The molecule has 8 heteroatoms. The lowest BCUT2D eigenvalue weighted by Crippen LogP contribution is -2.27. The fraction of sp³-hybridized carbons (Fsp3) is 0.182. The normalized spacial score (nSPS) is 11.0. The number of rotatable bonds is 7. The van der Waals surface area contributed by atoms with Gasteiger partial charge in [0.15, 0.2) is 0 Å². The van der Waals surface area contributed by atoms with Crippen LogP contribution in [0.25, 0.3) is 0 Å². The van der Waals surface area contributed by atoms with E-state index in [-0.39, 0.29) is 10.8 Å². The van der Waals surface area contributed by atoms with Crippen molar-refractivity contribution in [2.45, 2.75) is 18.4 Å². The molecule has 1 N–H and O–H groups in total. The molecule has 0 fully saturated rings. The van der Waals surface area contributed by atoms with Gasteiger partial charge in [-0.15, -0.1) is 0 Å². The second-order valence-corrected chi connectivity index (χ2v) is 8.51. The van der Waals surface area contributed by atoms with Crippen LogP contribution in [0.5, 0.6) is 5.75 Å². The van der Waals surface area contributed by atoms with Crippen molar-refractivity contribution >= 4 is 21.6 Å². The lowest BCUT2D eigenvalue weighted by atomic mass is 10.1. The van der Waals surface area contributed by atoms with Gasteiger partial charge in [-0.2, -0.15) is 0 Å². The van der Waals surface area contributed by atoms with Crippen molar-refractivity contribution in [1.29, 1.82) is 0 Å². The van der Waals surface area contributed by atoms with Crippen molar-refractivity contribution < 1.29 is 17.9 Å². The van der Waals surface area contributed by atoms with Gasteiger partial charge in [0, 0.05) is 37.2 Å². The van der Waals surface area contributed by atoms with Gasteiger partial charge in [0.25, 0.3) is 15.9 Å². The monoisotopic (exact) mass is 425 g/mol. The number of hydrogen-bond acceptors (Lipinski definition) is 5. The molecule has 0 atom stereocenters. The number of pyridine rings is 1. The van der Waals surface area contributed by atoms with Crippen LogP contribution in [-0.4, -0.2) is 38.4 Å². The molecule has 30 heavy (non-hydrogen) atoms. The number of amides is 1. The Kier molecular flexibility index (Phi) is 6.37. The molecule has 0 aliphatic carbocycles. The highest BCUT2D eigenvalue weighted by atomic mass is 32.2. The summed E-state index contributed by atoms with van der Waals surface area (Å²) in [5.74, 6) is 0.365. The molecule has 0 aliphatic heterocycles. The topological polar surface area (TPSA) is 88.6 Å². The minimum atomic E-state index is -3.86. The smallest absolute Gasteiger partial charge is 0.261 e. The van der Waals surface area contributed by atoms with E-state index in [1.54, 1.807) is 61.6 Å². The largest absolute Gasteiger partial charge is 0.497 e. The fourth-order valence-corrected chi connectivity index (χ4v) is 4.00. The zero-order valence-electron chi connectivity index (χ0n) is 17.0. The first-order chi connectivity index (χ1) is 14.3. The minimum Gasteiger partial charge on any atom is -0.497 e. The van der Waals surface area contributed by atoms with Gasteiger partial charge in [-0.3, -0.25) is 14.5 Å². The number of ether oxygens (including phenoxy) is 1. The van der Waals surface area contributed by atoms with Gasteiger partial charge < -0.3 is 9.64 Å². The van der Waals surface area contributed by atoms with E-state index in [2.05, 4.69) is 9.71 Å². The standard InChI is InChI=1S/C22H23N3O4S/c1-16-4-9-20(30(27,28)24-18-5-7-19(29-3)8-6-18)14-21(16)22(26)25(2)15-17-10-12-23-13-11-17/h4-14,24H,15H2,1-3H3. The summed E-state index contributed by atoms with van der Waals surface area (Å²) >= 11 is 0. The Hall–Kier alpha value is -3.39. The summed E-state index contributed by atoms with van der Waals surface area (Å²) in [6.07, 6.45) is 3.33. The minimum absolute atomic E-state index is 0.0181. The van der Waals surface area contributed by atoms with Gasteiger partial charge in [0.1, 0.15) is 5.75 Å². The summed E-state index contributed by atoms with van der Waals surface area (Å²) in [6.45, 7) is 2.17. The van der Waals surface area contributed by atoms with Crippen LogP contribution in [0.1, 0.15) is 21.5 Å². The number of carbonyl (C=O) groups excluding carboxylic acids is 1. The Morgan fingerprint density at radius 3 is 2.37 bits per heavy atom. The van der Waals surface area contributed by atoms with Crippen LogP contribution in [0.3, 0.4) is 0 Å². The molecule has 3 rings (SSSR count). The van der Waals surface area contributed by atoms with Gasteiger partial charge in [-0.05, 0) is 66.6 Å². The number of nitrogens with zero attached hydrogens (tertiary/aromatic N) is 2. The van der Waals surface area contributed by atoms with Crippen LogP contribution in [0.4, 0.5) is 5.69 Å². The van der Waals surface area contributed by atoms with E-state index in [0.717, 1.165) is 5.56 Å². The summed E-state index contributed by atoms with van der Waals surface area (Å²) in [5, 5.41) is 0. The number of aromatic nitrogens is 1. The molecule has 0 saturated carbocycles. The van der Waals surface area contributed by atoms with E-state index < -0.39 is 10.0 Å². The van der Waals surface area contributed by atoms with Crippen molar-refractivity contribution in [2.75, 3.05) is 18.9 Å². The Labute approximate surface area is 176 Å². The molecule has 1 amide bonds. The van der Waals surface area contributed by atoms with E-state index in [1.165, 1.54) is 19.2 Å². The predicted octanol–water partition coefficient (Wildman–Crippen LogP) is 3.47. The van der Waals surface area contributed by atoms with E-state index in [0.29, 0.717) is 29.1 Å². The third-order valence-corrected chi connectivity index (χ3v) is 5.99. The molecule has 0 radical (unpaired) electrons. The van der Waals surface area contributed by atoms with Crippen LogP contribution in [0.15, 0.2) is 71.9 Å². The Morgan fingerprint density at radius 2 is 1.73 bits per heavy atom. The van der Waals surface area contributed by atoms with Gasteiger partial charge in [0.2, 0.25) is 0 Å². The molecule has 1 heterocycles. The first-order valence-electron chi connectivity index (χ1n) is 9.22. The molecule has 0 bridgehead atoms. The molecule has 156 valence electrons. The highest BCUT2D eigenvalue weighted by molar-refractivity contribution is 7.92. The summed E-state index contributed by atoms with van der Waals surface area (Å²) in [5.41, 5.74) is 2.37. The third kappa shape index (κ3) is 4.96. The predicted molar refractivity (Wildman–Crippen MR) is 115 cm³/mol. The lowest BCUT2D eigenvalue weighted by molar-refractivity contribution is 0.0784. The maximum absolute atomic E-state index is 13.0. The second kappa shape index (κ2) is 8.96. The maximum atomic E-state index is 13.0. The van der Waals surface area contributed by atoms with Crippen LogP contribution < -0.4 is 9.46 Å². The molecule has 3 aromatic rings. The van der Waals surface area contributed by atoms with E-state index >= 15 is 0 Å². The van der Waals surface area contributed by atoms with Crippen molar-refractivity contribution in [3.8, 4) is 5.75 Å². The van der Waals surface area contributed by atoms with E-state index in [9.17, 15) is 13.2 Å². The number of carbonyl (C=O) groups is 1. The lowest BCUT2D eigenvalue weighted by Gasteiger charge is -2.19. The highest BCUT2D eigenvalue weighted by Gasteiger charge is 2.20. The van der Waals surface area contributed by atoms with Crippen LogP contribution >= 0.6 is 0 Å². The summed E-state index contributed by atoms with van der Waals surface area (Å²) in [4.78, 5) is 18.5. The first kappa shape index (κ1) is 21.3. The van der Waals surface area contributed by atoms with Crippen molar-refractivity contribution in [2.24, 2.45) is 0 Å². The quantitative estimate of drug-likeness (QED) is 0.626. The van der Waals surface area contributed by atoms with Gasteiger partial charge >= 0.3 is 0 Å². The van der Waals surface area contributed by atoms with Crippen molar-refractivity contribution in [3.63, 3.8) is 0 Å². The number of aryl methyl sites for hydroxylation is 1. The number of methoxy groups -OCH3 is 1. The highest BCUT2D eigenvalue weighted by Crippen LogP contribution is 2.22. The number of benzene rings is 2. The number of anilines is 1. The number of nitrogens with one attached hydrogen (secondary N) is 1. The van der Waals surface area contributed by atoms with Gasteiger partial charge in [-0.25, -0.2) is 8.42 Å². The molecule has 0 saturated heterocycles. The van der Waals surface area contributed by atoms with Gasteiger partial charge in [0.05, 0.1) is 12.0 Å². The van der Waals surface area contributed by atoms with Crippen molar-refractivity contribution in [1.82, 2.24) is 9.88 Å². The second-order valence-electron chi connectivity index (χ2n) is 6.83. The zero-order chi connectivity index (χ0) is 21.7. The van der Waals surface area contributed by atoms with Crippen molar-refractivity contribution in [3.05, 3.63) is 83.7 Å². The van der Waals surface area contributed by atoms with E-state index in [1.807, 2.05) is 12.1 Å². The molecule has 0 unspecified atom stereocenters. The third-order valence-electron chi connectivity index (χ3n) is 4.61. The summed E-state index contributed by atoms with van der Waals surface area (Å²) in [7, 11) is -0.643. The molecular formula is C22H23N3O4S. The molecule has 0 spiro atoms. The number of sulfonamides is 1. The molecule has 1 aromatic heterocycles. The summed E-state index contributed by atoms with van der Waals surface area (Å²) in [6, 6.07) is 14.7. The average Bonchev–Trinajstić information content (AvgIpc) is 2.74. The van der Waals surface area contributed by atoms with E-state index in [4.69, 9.17) is 4.74 Å². The molecular weight excluding hydrogens is 402 g/mol. The Balaban J connectivity index is 1.83. The summed E-state index contributed by atoms with van der Waals surface area (Å²) < 4.78 is 33.3. The fourth-order valence-electron chi connectivity index (χ4n) is 2.91. The van der Waals surface area contributed by atoms with Gasteiger partial charge in [-0.1, -0.05) is 6.07 Å². The number of hydrogen-bond donors (Lipinski definition) is 1. The first-order valence-corrected chi connectivity index (χ1v) is 10.7. The van der Waals surface area contributed by atoms with Crippen LogP contribution in [0, 0.1) is 6.92 Å².